The topological polar surface area (TPSA) is 96.0 Å². The monoisotopic (exact) mass is 365 g/mol. The van der Waals surface area contributed by atoms with Crippen molar-refractivity contribution in [3.8, 4) is 0 Å². The summed E-state index contributed by atoms with van der Waals surface area (Å²) in [7, 11) is -3.73. The molecule has 9 heteroatoms. The van der Waals surface area contributed by atoms with Crippen molar-refractivity contribution in [1.82, 2.24) is 15.3 Å². The molecule has 7 nitrogen and oxygen atoms in total. The lowest BCUT2D eigenvalue weighted by atomic mass is 10.3. The zero-order valence-electron chi connectivity index (χ0n) is 13.4. The van der Waals surface area contributed by atoms with Gasteiger partial charge in [0.2, 0.25) is 5.95 Å². The van der Waals surface area contributed by atoms with E-state index in [-0.39, 0.29) is 16.9 Å². The molecule has 2 aromatic rings. The summed E-state index contributed by atoms with van der Waals surface area (Å²) in [6.45, 7) is 4.09. The Morgan fingerprint density at radius 3 is 2.42 bits per heavy atom. The molecule has 0 saturated heterocycles. The first kappa shape index (κ1) is 18.1. The van der Waals surface area contributed by atoms with Gasteiger partial charge in [0.05, 0.1) is 4.90 Å². The van der Waals surface area contributed by atoms with Crippen LogP contribution < -0.4 is 15.4 Å². The van der Waals surface area contributed by atoms with Crippen LogP contribution >= 0.6 is 12.2 Å². The average Bonchev–Trinajstić information content (AvgIpc) is 2.55. The quantitative estimate of drug-likeness (QED) is 0.676. The van der Waals surface area contributed by atoms with Crippen molar-refractivity contribution in [2.75, 3.05) is 10.0 Å². The summed E-state index contributed by atoms with van der Waals surface area (Å²) in [5, 5.41) is 6.64. The molecule has 0 aliphatic rings. The second-order valence-corrected chi connectivity index (χ2v) is 7.20. The number of rotatable bonds is 6. The minimum Gasteiger partial charge on any atom is -0.360 e. The van der Waals surface area contributed by atoms with Crippen LogP contribution in [-0.4, -0.2) is 29.5 Å². The van der Waals surface area contributed by atoms with Crippen LogP contribution in [0, 0.1) is 0 Å². The molecule has 2 rings (SSSR count). The summed E-state index contributed by atoms with van der Waals surface area (Å²) in [4.78, 5) is 7.80. The van der Waals surface area contributed by atoms with Crippen molar-refractivity contribution in [3.05, 3.63) is 42.7 Å². The summed E-state index contributed by atoms with van der Waals surface area (Å²) >= 11 is 5.20. The van der Waals surface area contributed by atoms with E-state index < -0.39 is 10.0 Å². The summed E-state index contributed by atoms with van der Waals surface area (Å²) in [6, 6.07) is 8.13. The molecule has 0 radical (unpaired) electrons. The molecular weight excluding hydrogens is 346 g/mol. The van der Waals surface area contributed by atoms with Gasteiger partial charge in [0.1, 0.15) is 0 Å². The third-order valence-corrected chi connectivity index (χ3v) is 4.77. The lowest BCUT2D eigenvalue weighted by Crippen LogP contribution is -2.35. The molecule has 0 bridgehead atoms. The number of nitrogens with one attached hydrogen (secondary N) is 3. The first-order chi connectivity index (χ1) is 11.4. The highest BCUT2D eigenvalue weighted by molar-refractivity contribution is 7.92. The fraction of sp³-hybridized carbons (Fsp3) is 0.267. The molecule has 0 fully saturated rings. The Labute approximate surface area is 147 Å². The van der Waals surface area contributed by atoms with E-state index in [4.69, 9.17) is 12.2 Å². The highest BCUT2D eigenvalue weighted by Gasteiger charge is 2.15. The van der Waals surface area contributed by atoms with E-state index in [1.807, 2.05) is 6.92 Å². The molecule has 1 unspecified atom stereocenters. The molecule has 3 N–H and O–H groups in total. The van der Waals surface area contributed by atoms with E-state index in [0.29, 0.717) is 10.8 Å². The van der Waals surface area contributed by atoms with Crippen molar-refractivity contribution in [3.63, 3.8) is 0 Å². The lowest BCUT2D eigenvalue weighted by molar-refractivity contribution is 0.601. The highest BCUT2D eigenvalue weighted by atomic mass is 32.2. The maximum atomic E-state index is 12.3. The van der Waals surface area contributed by atoms with Crippen LogP contribution in [0.2, 0.25) is 0 Å². The van der Waals surface area contributed by atoms with Gasteiger partial charge in [0.15, 0.2) is 5.11 Å². The number of sulfonamides is 1. The van der Waals surface area contributed by atoms with Gasteiger partial charge in [-0.3, -0.25) is 0 Å². The van der Waals surface area contributed by atoms with E-state index in [9.17, 15) is 8.42 Å². The molecule has 1 atom stereocenters. The van der Waals surface area contributed by atoms with Crippen LogP contribution in [0.1, 0.15) is 20.3 Å². The standard InChI is InChI=1S/C15H19N5O2S2/c1-3-11(2)18-15(23)19-12-5-7-13(8-6-12)24(21,22)20-14-16-9-4-10-17-14/h4-11H,3H2,1-2H3,(H,16,17,20)(H2,18,19,23). The summed E-state index contributed by atoms with van der Waals surface area (Å²) < 4.78 is 26.9. The molecule has 1 heterocycles. The normalized spacial score (nSPS) is 12.2. The molecular formula is C15H19N5O2S2. The average molecular weight is 365 g/mol. The van der Waals surface area contributed by atoms with Gasteiger partial charge >= 0.3 is 0 Å². The molecule has 1 aromatic carbocycles. The van der Waals surface area contributed by atoms with Crippen molar-refractivity contribution in [1.29, 1.82) is 0 Å². The third-order valence-electron chi connectivity index (χ3n) is 3.20. The Balaban J connectivity index is 2.04. The van der Waals surface area contributed by atoms with Gasteiger partial charge < -0.3 is 10.6 Å². The van der Waals surface area contributed by atoms with Crippen LogP contribution in [0.25, 0.3) is 0 Å². The van der Waals surface area contributed by atoms with Gasteiger partial charge in [0, 0.05) is 24.1 Å². The van der Waals surface area contributed by atoms with Gasteiger partial charge in [-0.2, -0.15) is 0 Å². The second-order valence-electron chi connectivity index (χ2n) is 5.11. The zero-order valence-corrected chi connectivity index (χ0v) is 15.0. The zero-order chi connectivity index (χ0) is 17.6. The number of aromatic nitrogens is 2. The summed E-state index contributed by atoms with van der Waals surface area (Å²) in [5.74, 6) is 0.0265. The third kappa shape index (κ3) is 5.14. The van der Waals surface area contributed by atoms with E-state index in [2.05, 4.69) is 32.2 Å². The predicted molar refractivity (Wildman–Crippen MR) is 98.4 cm³/mol. The first-order valence-corrected chi connectivity index (χ1v) is 9.27. The van der Waals surface area contributed by atoms with Gasteiger partial charge in [-0.05, 0) is 55.9 Å². The van der Waals surface area contributed by atoms with Crippen LogP contribution in [0.5, 0.6) is 0 Å². The maximum absolute atomic E-state index is 12.3. The molecule has 0 spiro atoms. The predicted octanol–water partition coefficient (Wildman–Crippen LogP) is 2.36. The molecule has 0 aliphatic carbocycles. The first-order valence-electron chi connectivity index (χ1n) is 7.38. The van der Waals surface area contributed by atoms with Gasteiger partial charge in [-0.15, -0.1) is 0 Å². The number of hydrogen-bond donors (Lipinski definition) is 3. The molecule has 0 saturated carbocycles. The summed E-state index contributed by atoms with van der Waals surface area (Å²) in [5.41, 5.74) is 0.700. The van der Waals surface area contributed by atoms with Crippen LogP contribution in [0.15, 0.2) is 47.6 Å². The molecule has 0 amide bonds. The van der Waals surface area contributed by atoms with Crippen molar-refractivity contribution >= 4 is 39.0 Å². The van der Waals surface area contributed by atoms with Crippen molar-refractivity contribution < 1.29 is 8.42 Å². The van der Waals surface area contributed by atoms with Crippen molar-refractivity contribution in [2.24, 2.45) is 0 Å². The molecule has 128 valence electrons. The number of hydrogen-bond acceptors (Lipinski definition) is 5. The number of anilines is 2. The maximum Gasteiger partial charge on any atom is 0.264 e. The molecule has 24 heavy (non-hydrogen) atoms. The molecule has 1 aromatic heterocycles. The number of benzene rings is 1. The summed E-state index contributed by atoms with van der Waals surface area (Å²) in [6.07, 6.45) is 3.87. The SMILES string of the molecule is CCC(C)NC(=S)Nc1ccc(S(=O)(=O)Nc2ncccn2)cc1. The largest absolute Gasteiger partial charge is 0.360 e. The van der Waals surface area contributed by atoms with E-state index in [0.717, 1.165) is 6.42 Å². The Kier molecular flexibility index (Phi) is 6.04. The van der Waals surface area contributed by atoms with Gasteiger partial charge in [-0.25, -0.2) is 23.1 Å². The Morgan fingerprint density at radius 2 is 1.83 bits per heavy atom. The van der Waals surface area contributed by atoms with Gasteiger partial charge in [0.25, 0.3) is 10.0 Å². The van der Waals surface area contributed by atoms with E-state index in [1.165, 1.54) is 24.5 Å². The Morgan fingerprint density at radius 1 is 1.21 bits per heavy atom. The number of thiocarbonyl (C=S) groups is 1. The van der Waals surface area contributed by atoms with E-state index in [1.54, 1.807) is 18.2 Å². The minimum absolute atomic E-state index is 0.0265. The lowest BCUT2D eigenvalue weighted by Gasteiger charge is -2.15. The highest BCUT2D eigenvalue weighted by Crippen LogP contribution is 2.16. The fourth-order valence-electron chi connectivity index (χ4n) is 1.74. The van der Waals surface area contributed by atoms with Crippen LogP contribution in [0.4, 0.5) is 11.6 Å². The van der Waals surface area contributed by atoms with E-state index >= 15 is 0 Å². The van der Waals surface area contributed by atoms with Gasteiger partial charge in [-0.1, -0.05) is 6.92 Å². The number of nitrogens with zero attached hydrogens (tertiary/aromatic N) is 2. The smallest absolute Gasteiger partial charge is 0.264 e. The Hall–Kier alpha value is -2.26. The van der Waals surface area contributed by atoms with Crippen LogP contribution in [-0.2, 0) is 10.0 Å². The minimum atomic E-state index is -3.73. The van der Waals surface area contributed by atoms with Crippen molar-refractivity contribution in [2.45, 2.75) is 31.2 Å². The second kappa shape index (κ2) is 8.02. The fourth-order valence-corrected chi connectivity index (χ4v) is 3.02. The Bertz CT molecular complexity index is 779. The van der Waals surface area contributed by atoms with Crippen LogP contribution in [0.3, 0.4) is 0 Å². The molecule has 0 aliphatic heterocycles.